The zero-order valence-electron chi connectivity index (χ0n) is 8.41. The summed E-state index contributed by atoms with van der Waals surface area (Å²) < 4.78 is 0.739. The van der Waals surface area contributed by atoms with E-state index < -0.39 is 0 Å². The highest BCUT2D eigenvalue weighted by Crippen LogP contribution is 2.35. The quantitative estimate of drug-likeness (QED) is 0.730. The van der Waals surface area contributed by atoms with E-state index in [4.69, 9.17) is 18.0 Å². The van der Waals surface area contributed by atoms with Crippen molar-refractivity contribution in [1.29, 1.82) is 0 Å². The first kappa shape index (κ1) is 11.5. The first-order valence-corrected chi connectivity index (χ1v) is 6.01. The summed E-state index contributed by atoms with van der Waals surface area (Å²) in [5, 5.41) is 0.592. The van der Waals surface area contributed by atoms with Crippen LogP contribution in [0.4, 0.5) is 5.69 Å². The van der Waals surface area contributed by atoms with Gasteiger partial charge < -0.3 is 4.90 Å². The van der Waals surface area contributed by atoms with Crippen LogP contribution in [-0.4, -0.2) is 12.5 Å². The molecule has 1 aliphatic heterocycles. The molecule has 0 radical (unpaired) electrons. The minimum Gasteiger partial charge on any atom is -0.310 e. The van der Waals surface area contributed by atoms with Gasteiger partial charge in [-0.25, -0.2) is 0 Å². The second-order valence-corrected chi connectivity index (χ2v) is 4.85. The summed E-state index contributed by atoms with van der Waals surface area (Å²) >= 11 is 9.37. The summed E-state index contributed by atoms with van der Waals surface area (Å²) in [6.07, 6.45) is 5.75. The summed E-state index contributed by atoms with van der Waals surface area (Å²) in [6.45, 7) is 0.564. The summed E-state index contributed by atoms with van der Waals surface area (Å²) in [6, 6.07) is 5.44. The number of halogens is 2. The summed E-state index contributed by atoms with van der Waals surface area (Å²) in [4.78, 5) is 13.5. The molecule has 1 atom stereocenters. The van der Waals surface area contributed by atoms with Crippen LogP contribution in [0, 0.1) is 18.3 Å². The van der Waals surface area contributed by atoms with Crippen LogP contribution in [0.5, 0.6) is 0 Å². The Hall–Kier alpha value is -0.980. The number of carbonyl (C=O) groups is 1. The molecule has 0 N–H and O–H groups in total. The number of nitrogens with zero attached hydrogens (tertiary/aromatic N) is 1. The molecule has 0 spiro atoms. The van der Waals surface area contributed by atoms with Gasteiger partial charge in [-0.3, -0.25) is 4.79 Å². The molecule has 1 aromatic carbocycles. The number of anilines is 1. The van der Waals surface area contributed by atoms with Crippen molar-refractivity contribution in [3.63, 3.8) is 0 Å². The molecular weight excluding hydrogens is 289 g/mol. The zero-order chi connectivity index (χ0) is 11.7. The average Bonchev–Trinajstić information content (AvgIpc) is 2.64. The normalized spacial score (nSPS) is 19.9. The van der Waals surface area contributed by atoms with Crippen molar-refractivity contribution >= 4 is 39.1 Å². The Morgan fingerprint density at radius 1 is 1.56 bits per heavy atom. The van der Waals surface area contributed by atoms with Crippen LogP contribution in [0.15, 0.2) is 22.7 Å². The Balaban J connectivity index is 2.36. The molecule has 0 bridgehead atoms. The molecule has 2 rings (SSSR count). The van der Waals surface area contributed by atoms with Crippen LogP contribution in [-0.2, 0) is 4.79 Å². The number of benzene rings is 1. The van der Waals surface area contributed by atoms with Crippen molar-refractivity contribution in [2.45, 2.75) is 6.42 Å². The number of rotatable bonds is 1. The molecule has 1 fully saturated rings. The molecule has 0 aromatic heterocycles. The predicted octanol–water partition coefficient (Wildman–Crippen LogP) is 3.09. The molecule has 1 amide bonds. The number of amides is 1. The van der Waals surface area contributed by atoms with Crippen molar-refractivity contribution in [2.24, 2.45) is 5.92 Å². The fourth-order valence-electron chi connectivity index (χ4n) is 1.75. The first-order chi connectivity index (χ1) is 7.63. The average molecular weight is 299 g/mol. The lowest BCUT2D eigenvalue weighted by Gasteiger charge is -2.18. The molecule has 82 valence electrons. The summed E-state index contributed by atoms with van der Waals surface area (Å²) in [7, 11) is 0. The number of terminal acetylenes is 1. The van der Waals surface area contributed by atoms with Gasteiger partial charge in [0.05, 0.1) is 15.2 Å². The number of hydrogen-bond donors (Lipinski definition) is 0. The molecule has 2 nitrogen and oxygen atoms in total. The van der Waals surface area contributed by atoms with Gasteiger partial charge in [-0.1, -0.05) is 17.7 Å². The van der Waals surface area contributed by atoms with E-state index in [2.05, 4.69) is 21.9 Å². The lowest BCUT2D eigenvalue weighted by Crippen LogP contribution is -2.24. The number of carbonyl (C=O) groups excluding carboxylic acids is 1. The van der Waals surface area contributed by atoms with E-state index >= 15 is 0 Å². The van der Waals surface area contributed by atoms with E-state index in [1.807, 2.05) is 12.1 Å². The van der Waals surface area contributed by atoms with E-state index in [0.29, 0.717) is 18.0 Å². The van der Waals surface area contributed by atoms with Crippen molar-refractivity contribution in [2.75, 3.05) is 11.4 Å². The van der Waals surface area contributed by atoms with E-state index in [0.717, 1.165) is 10.2 Å². The van der Waals surface area contributed by atoms with Crippen LogP contribution in [0.2, 0.25) is 5.02 Å². The molecule has 0 aliphatic carbocycles. The highest BCUT2D eigenvalue weighted by atomic mass is 79.9. The van der Waals surface area contributed by atoms with Gasteiger partial charge in [0.2, 0.25) is 5.91 Å². The highest BCUT2D eigenvalue weighted by molar-refractivity contribution is 9.10. The minimum absolute atomic E-state index is 0.00150. The van der Waals surface area contributed by atoms with Crippen LogP contribution in [0.1, 0.15) is 6.42 Å². The van der Waals surface area contributed by atoms with Crippen LogP contribution in [0.25, 0.3) is 0 Å². The van der Waals surface area contributed by atoms with E-state index in [9.17, 15) is 4.79 Å². The molecule has 1 aliphatic rings. The second-order valence-electron chi connectivity index (χ2n) is 3.65. The van der Waals surface area contributed by atoms with E-state index in [1.54, 1.807) is 11.0 Å². The third-order valence-electron chi connectivity index (χ3n) is 2.58. The van der Waals surface area contributed by atoms with Crippen molar-refractivity contribution in [3.05, 3.63) is 27.7 Å². The lowest BCUT2D eigenvalue weighted by atomic mass is 10.1. The van der Waals surface area contributed by atoms with Gasteiger partial charge in [-0.15, -0.1) is 12.3 Å². The molecule has 0 saturated carbocycles. The number of hydrogen-bond acceptors (Lipinski definition) is 1. The molecule has 16 heavy (non-hydrogen) atoms. The van der Waals surface area contributed by atoms with Crippen LogP contribution < -0.4 is 4.90 Å². The lowest BCUT2D eigenvalue weighted by molar-refractivity contribution is -0.117. The fraction of sp³-hybridized carbons (Fsp3) is 0.250. The monoisotopic (exact) mass is 297 g/mol. The van der Waals surface area contributed by atoms with E-state index in [-0.39, 0.29) is 11.8 Å². The van der Waals surface area contributed by atoms with Crippen molar-refractivity contribution in [1.82, 2.24) is 0 Å². The Kier molecular flexibility index (Phi) is 3.22. The Morgan fingerprint density at radius 2 is 2.31 bits per heavy atom. The topological polar surface area (TPSA) is 20.3 Å². The predicted molar refractivity (Wildman–Crippen MR) is 68.4 cm³/mol. The third-order valence-corrected chi connectivity index (χ3v) is 3.96. The summed E-state index contributed by atoms with van der Waals surface area (Å²) in [5.41, 5.74) is 0.787. The third kappa shape index (κ3) is 1.95. The van der Waals surface area contributed by atoms with Gasteiger partial charge in [-0.2, -0.15) is 0 Å². The molecule has 1 saturated heterocycles. The van der Waals surface area contributed by atoms with Gasteiger partial charge >= 0.3 is 0 Å². The smallest absolute Gasteiger partial charge is 0.228 e. The van der Waals surface area contributed by atoms with Gasteiger partial charge in [0, 0.05) is 18.9 Å². The molecule has 1 heterocycles. The van der Waals surface area contributed by atoms with Gasteiger partial charge in [0.1, 0.15) is 0 Å². The first-order valence-electron chi connectivity index (χ1n) is 4.84. The zero-order valence-corrected chi connectivity index (χ0v) is 10.8. The maximum atomic E-state index is 11.8. The minimum atomic E-state index is -0.00150. The molecule has 1 aromatic rings. The van der Waals surface area contributed by atoms with E-state index in [1.165, 1.54) is 0 Å². The standard InChI is InChI=1S/C12H9BrClNO/c1-2-8-6-11(16)15(7-8)10-5-3-4-9(14)12(10)13/h1,3-5,8H,6-7H2. The van der Waals surface area contributed by atoms with Gasteiger partial charge in [-0.05, 0) is 28.1 Å². The van der Waals surface area contributed by atoms with Crippen molar-refractivity contribution < 1.29 is 4.79 Å². The van der Waals surface area contributed by atoms with Gasteiger partial charge in [0.25, 0.3) is 0 Å². The van der Waals surface area contributed by atoms with Crippen molar-refractivity contribution in [3.8, 4) is 12.3 Å². The Labute approximate surface area is 108 Å². The molecular formula is C12H9BrClNO. The van der Waals surface area contributed by atoms with Gasteiger partial charge in [0.15, 0.2) is 0 Å². The highest BCUT2D eigenvalue weighted by Gasteiger charge is 2.30. The SMILES string of the molecule is C#CC1CC(=O)N(c2cccc(Cl)c2Br)C1. The second kappa shape index (κ2) is 4.48. The summed E-state index contributed by atoms with van der Waals surface area (Å²) in [5.74, 6) is 2.66. The fourth-order valence-corrected chi connectivity index (χ4v) is 2.40. The Morgan fingerprint density at radius 3 is 2.94 bits per heavy atom. The molecule has 4 heteroatoms. The maximum absolute atomic E-state index is 11.8. The van der Waals surface area contributed by atoms with Crippen LogP contribution in [0.3, 0.4) is 0 Å². The molecule has 1 unspecified atom stereocenters. The Bertz CT molecular complexity index is 480. The largest absolute Gasteiger partial charge is 0.310 e. The van der Waals surface area contributed by atoms with Crippen LogP contribution >= 0.6 is 27.5 Å². The maximum Gasteiger partial charge on any atom is 0.228 e.